The molecule has 198 valence electrons. The summed E-state index contributed by atoms with van der Waals surface area (Å²) in [5.41, 5.74) is 4.95. The zero-order valence-corrected chi connectivity index (χ0v) is 23.0. The highest BCUT2D eigenvalue weighted by atomic mass is 16.5. The SMILES string of the molecule is C[C@@]12CC=C3C=C4CC[C@@H](N5C6CCCC5CC6)C[C@]45CC[C@]3(O5)[C@@H]1CCC2c1ccc2ccncc2c1. The lowest BCUT2D eigenvalue weighted by Gasteiger charge is -2.55. The van der Waals surface area contributed by atoms with Crippen LogP contribution in [0.25, 0.3) is 10.8 Å². The van der Waals surface area contributed by atoms with Crippen molar-refractivity contribution >= 4 is 10.8 Å². The standard InChI is InChI=1S/C35H42N2O/c1-33-15-13-27-20-26-7-8-30(37-28-3-2-4-29(37)10-9-28)21-34(26)16-17-35(27,38-34)32(33)12-11-31(33)24-6-5-23-14-18-36-22-25(23)19-24/h5-6,13-14,18-20,22,28-32H,2-4,7-12,15-17,21H2,1H3/t28?,29?,30-,31?,32-,33+,34-,35-/m1/s1. The molecule has 2 saturated carbocycles. The molecular formula is C35H42N2O. The normalized spacial score (nSPS) is 45.3. The molecule has 3 saturated heterocycles. The molecule has 4 aliphatic heterocycles. The average molecular weight is 507 g/mol. The molecule has 3 heteroatoms. The van der Waals surface area contributed by atoms with Gasteiger partial charge in [-0.15, -0.1) is 0 Å². The molecule has 0 radical (unpaired) electrons. The highest BCUT2D eigenvalue weighted by molar-refractivity contribution is 5.82. The predicted molar refractivity (Wildman–Crippen MR) is 152 cm³/mol. The molecule has 9 rings (SSSR count). The molecule has 2 spiro atoms. The Morgan fingerprint density at radius 1 is 0.921 bits per heavy atom. The van der Waals surface area contributed by atoms with Crippen molar-refractivity contribution in [3.05, 3.63) is 65.5 Å². The molecule has 2 aromatic rings. The van der Waals surface area contributed by atoms with Crippen molar-refractivity contribution < 1.29 is 4.74 Å². The summed E-state index contributed by atoms with van der Waals surface area (Å²) in [5.74, 6) is 1.21. The fourth-order valence-electron chi connectivity index (χ4n) is 11.3. The van der Waals surface area contributed by atoms with Crippen molar-refractivity contribution in [2.75, 3.05) is 0 Å². The van der Waals surface area contributed by atoms with Crippen LogP contribution in [0.15, 0.2) is 60.0 Å². The first kappa shape index (κ1) is 22.8. The highest BCUT2D eigenvalue weighted by Gasteiger charge is 2.67. The third-order valence-corrected chi connectivity index (χ3v) is 12.9. The first-order valence-electron chi connectivity index (χ1n) is 15.8. The second kappa shape index (κ2) is 7.82. The van der Waals surface area contributed by atoms with E-state index in [0.717, 1.165) is 18.1 Å². The first-order valence-corrected chi connectivity index (χ1v) is 15.8. The van der Waals surface area contributed by atoms with E-state index in [1.54, 1.807) is 11.1 Å². The zero-order valence-electron chi connectivity index (χ0n) is 23.0. The number of nitrogens with zero attached hydrogens (tertiary/aromatic N) is 2. The van der Waals surface area contributed by atoms with E-state index < -0.39 is 0 Å². The first-order chi connectivity index (χ1) is 18.6. The van der Waals surface area contributed by atoms with E-state index in [1.165, 1.54) is 99.8 Å². The van der Waals surface area contributed by atoms with E-state index in [-0.39, 0.29) is 16.6 Å². The van der Waals surface area contributed by atoms with Crippen molar-refractivity contribution in [1.82, 2.24) is 9.88 Å². The second-order valence-corrected chi connectivity index (χ2v) is 14.3. The number of rotatable bonds is 2. The number of fused-ring (bicyclic) bond motifs is 4. The van der Waals surface area contributed by atoms with Crippen LogP contribution in [0, 0.1) is 11.3 Å². The Morgan fingerprint density at radius 2 is 1.82 bits per heavy atom. The van der Waals surface area contributed by atoms with Crippen LogP contribution in [0.3, 0.4) is 0 Å². The van der Waals surface area contributed by atoms with Gasteiger partial charge in [0.05, 0.1) is 11.2 Å². The Hall–Kier alpha value is -1.97. The maximum atomic E-state index is 7.65. The molecule has 5 fully saturated rings. The largest absolute Gasteiger partial charge is 0.359 e. The highest BCUT2D eigenvalue weighted by Crippen LogP contribution is 2.69. The summed E-state index contributed by atoms with van der Waals surface area (Å²) in [6, 6.07) is 11.8. The minimum Gasteiger partial charge on any atom is -0.359 e. The fraction of sp³-hybridized carbons (Fsp3) is 0.629. The van der Waals surface area contributed by atoms with Crippen LogP contribution < -0.4 is 0 Å². The van der Waals surface area contributed by atoms with Gasteiger partial charge >= 0.3 is 0 Å². The Bertz CT molecular complexity index is 1360. The number of aromatic nitrogens is 1. The van der Waals surface area contributed by atoms with Gasteiger partial charge in [-0.1, -0.05) is 37.6 Å². The van der Waals surface area contributed by atoms with Crippen LogP contribution in [0.1, 0.15) is 102 Å². The molecule has 1 aromatic heterocycles. The number of pyridine rings is 1. The molecule has 3 aliphatic carbocycles. The van der Waals surface area contributed by atoms with E-state index in [2.05, 4.69) is 53.2 Å². The van der Waals surface area contributed by atoms with Gasteiger partial charge in [0.2, 0.25) is 0 Å². The third-order valence-electron chi connectivity index (χ3n) is 12.9. The average Bonchev–Trinajstić information content (AvgIpc) is 3.54. The van der Waals surface area contributed by atoms with Gasteiger partial charge in [-0.3, -0.25) is 9.88 Å². The van der Waals surface area contributed by atoms with Crippen LogP contribution >= 0.6 is 0 Å². The Labute approximate surface area is 227 Å². The van der Waals surface area contributed by atoms with E-state index in [0.29, 0.717) is 11.8 Å². The molecular weight excluding hydrogens is 464 g/mol. The van der Waals surface area contributed by atoms with E-state index in [9.17, 15) is 0 Å². The molecule has 1 aromatic carbocycles. The van der Waals surface area contributed by atoms with Gasteiger partial charge in [0.1, 0.15) is 0 Å². The van der Waals surface area contributed by atoms with Crippen LogP contribution in [0.2, 0.25) is 0 Å². The number of allylic oxidation sites excluding steroid dienone is 1. The van der Waals surface area contributed by atoms with Crippen molar-refractivity contribution in [2.45, 2.75) is 126 Å². The summed E-state index contributed by atoms with van der Waals surface area (Å²) in [5, 5.41) is 2.58. The summed E-state index contributed by atoms with van der Waals surface area (Å²) < 4.78 is 7.65. The number of hydrogen-bond acceptors (Lipinski definition) is 3. The minimum atomic E-state index is -0.0492. The molecule has 3 nitrogen and oxygen atoms in total. The summed E-state index contributed by atoms with van der Waals surface area (Å²) in [6.07, 6.45) is 26.6. The van der Waals surface area contributed by atoms with Gasteiger partial charge in [-0.2, -0.15) is 0 Å². The van der Waals surface area contributed by atoms with E-state index >= 15 is 0 Å². The topological polar surface area (TPSA) is 25.4 Å². The molecule has 3 unspecified atom stereocenters. The summed E-state index contributed by atoms with van der Waals surface area (Å²) in [7, 11) is 0. The molecule has 8 atom stereocenters. The lowest BCUT2D eigenvalue weighted by molar-refractivity contribution is -0.143. The van der Waals surface area contributed by atoms with Crippen LogP contribution in [-0.4, -0.2) is 39.2 Å². The lowest BCUT2D eigenvalue weighted by atomic mass is 9.58. The van der Waals surface area contributed by atoms with Gasteiger partial charge < -0.3 is 4.74 Å². The van der Waals surface area contributed by atoms with Crippen molar-refractivity contribution in [2.24, 2.45) is 11.3 Å². The molecule has 5 heterocycles. The van der Waals surface area contributed by atoms with Gasteiger partial charge in [0.15, 0.2) is 0 Å². The van der Waals surface area contributed by atoms with Crippen LogP contribution in [0.4, 0.5) is 0 Å². The maximum absolute atomic E-state index is 7.65. The predicted octanol–water partition coefficient (Wildman–Crippen LogP) is 7.86. The molecule has 7 aliphatic rings. The van der Waals surface area contributed by atoms with Gasteiger partial charge in [0, 0.05) is 35.9 Å². The molecule has 0 amide bonds. The Kier molecular flexibility index (Phi) is 4.69. The quantitative estimate of drug-likeness (QED) is 0.414. The fourth-order valence-corrected chi connectivity index (χ4v) is 11.3. The molecule has 0 N–H and O–H groups in total. The Balaban J connectivity index is 1.06. The number of benzene rings is 1. The van der Waals surface area contributed by atoms with Crippen molar-refractivity contribution in [3.63, 3.8) is 0 Å². The van der Waals surface area contributed by atoms with Gasteiger partial charge in [-0.25, -0.2) is 0 Å². The third kappa shape index (κ3) is 2.91. The monoisotopic (exact) mass is 506 g/mol. The van der Waals surface area contributed by atoms with Gasteiger partial charge in [0.25, 0.3) is 0 Å². The van der Waals surface area contributed by atoms with Crippen molar-refractivity contribution in [3.8, 4) is 0 Å². The molecule has 38 heavy (non-hydrogen) atoms. The smallest absolute Gasteiger partial charge is 0.0974 e. The van der Waals surface area contributed by atoms with E-state index in [4.69, 9.17) is 4.74 Å². The number of hydrogen-bond donors (Lipinski definition) is 0. The zero-order chi connectivity index (χ0) is 25.1. The second-order valence-electron chi connectivity index (χ2n) is 14.3. The number of piperidine rings is 1. The van der Waals surface area contributed by atoms with E-state index in [1.807, 2.05) is 12.4 Å². The lowest BCUT2D eigenvalue weighted by Crippen LogP contribution is -2.57. The number of ether oxygens (including phenoxy) is 1. The summed E-state index contributed by atoms with van der Waals surface area (Å²) in [4.78, 5) is 7.43. The summed E-state index contributed by atoms with van der Waals surface area (Å²) >= 11 is 0. The molecule has 4 bridgehead atoms. The van der Waals surface area contributed by atoms with Crippen LogP contribution in [0.5, 0.6) is 0 Å². The van der Waals surface area contributed by atoms with Crippen molar-refractivity contribution in [1.29, 1.82) is 0 Å². The minimum absolute atomic E-state index is 0.0160. The van der Waals surface area contributed by atoms with Crippen LogP contribution in [-0.2, 0) is 4.74 Å². The van der Waals surface area contributed by atoms with Gasteiger partial charge in [-0.05, 0) is 129 Å². The maximum Gasteiger partial charge on any atom is 0.0974 e. The Morgan fingerprint density at radius 3 is 2.71 bits per heavy atom. The summed E-state index contributed by atoms with van der Waals surface area (Å²) in [6.45, 7) is 2.60.